The summed E-state index contributed by atoms with van der Waals surface area (Å²) in [5.41, 5.74) is 2.09. The van der Waals surface area contributed by atoms with Crippen LogP contribution in [0, 0.1) is 16.7 Å². The molecule has 1 aromatic heterocycles. The van der Waals surface area contributed by atoms with Gasteiger partial charge in [0.1, 0.15) is 11.1 Å². The molecule has 0 fully saturated rings. The molecule has 4 nitrogen and oxygen atoms in total. The van der Waals surface area contributed by atoms with E-state index in [4.69, 9.17) is 0 Å². The van der Waals surface area contributed by atoms with E-state index in [9.17, 15) is 14.9 Å². The van der Waals surface area contributed by atoms with Crippen LogP contribution in [0.3, 0.4) is 0 Å². The molecule has 1 aliphatic carbocycles. The fourth-order valence-electron chi connectivity index (χ4n) is 3.02. The standard InChI is InChI=1S/C20H17BrN2O2S/c1-20(2)8-16-15(17(24)9-20)7-13(10-22)19(23-16)26-11-18(25)12-4-3-5-14(21)6-12/h3-7H,8-9,11H2,1-2H3. The number of benzene rings is 1. The highest BCUT2D eigenvalue weighted by atomic mass is 79.9. The Morgan fingerprint density at radius 2 is 2.12 bits per heavy atom. The van der Waals surface area contributed by atoms with Crippen LogP contribution in [0.1, 0.15) is 52.2 Å². The number of carbonyl (C=O) groups excluding carboxylic acids is 2. The van der Waals surface area contributed by atoms with Crippen LogP contribution in [0.2, 0.25) is 0 Å². The predicted molar refractivity (Wildman–Crippen MR) is 105 cm³/mol. The van der Waals surface area contributed by atoms with Crippen molar-refractivity contribution in [3.05, 3.63) is 57.2 Å². The highest BCUT2D eigenvalue weighted by Gasteiger charge is 2.32. The molecule has 0 saturated heterocycles. The van der Waals surface area contributed by atoms with Crippen LogP contribution in [0.25, 0.3) is 0 Å². The second-order valence-electron chi connectivity index (χ2n) is 7.11. The maximum absolute atomic E-state index is 12.4. The third-order valence-electron chi connectivity index (χ3n) is 4.26. The third kappa shape index (κ3) is 4.05. The number of hydrogen-bond donors (Lipinski definition) is 0. The summed E-state index contributed by atoms with van der Waals surface area (Å²) in [6, 6.07) is 10.9. The van der Waals surface area contributed by atoms with Crippen molar-refractivity contribution >= 4 is 39.3 Å². The van der Waals surface area contributed by atoms with Gasteiger partial charge in [0, 0.05) is 22.0 Å². The van der Waals surface area contributed by atoms with Gasteiger partial charge in [-0.2, -0.15) is 5.26 Å². The molecule has 0 atom stereocenters. The van der Waals surface area contributed by atoms with Gasteiger partial charge < -0.3 is 0 Å². The fraction of sp³-hybridized carbons (Fsp3) is 0.300. The number of carbonyl (C=O) groups is 2. The van der Waals surface area contributed by atoms with Crippen molar-refractivity contribution in [3.63, 3.8) is 0 Å². The normalized spacial score (nSPS) is 15.2. The number of halogens is 1. The minimum Gasteiger partial charge on any atom is -0.294 e. The van der Waals surface area contributed by atoms with E-state index in [0.717, 1.165) is 10.2 Å². The average molecular weight is 429 g/mol. The Bertz CT molecular complexity index is 947. The molecule has 0 spiro atoms. The van der Waals surface area contributed by atoms with E-state index in [1.54, 1.807) is 18.2 Å². The van der Waals surface area contributed by atoms with Crippen molar-refractivity contribution in [1.29, 1.82) is 5.26 Å². The topological polar surface area (TPSA) is 70.8 Å². The zero-order valence-corrected chi connectivity index (χ0v) is 16.9. The van der Waals surface area contributed by atoms with Gasteiger partial charge in [-0.1, -0.05) is 53.7 Å². The largest absolute Gasteiger partial charge is 0.294 e. The van der Waals surface area contributed by atoms with Crippen LogP contribution < -0.4 is 0 Å². The van der Waals surface area contributed by atoms with Crippen molar-refractivity contribution < 1.29 is 9.59 Å². The molecular formula is C20H17BrN2O2S. The quantitative estimate of drug-likeness (QED) is 0.514. The number of ketones is 2. The third-order valence-corrected chi connectivity index (χ3v) is 5.74. The number of pyridine rings is 1. The summed E-state index contributed by atoms with van der Waals surface area (Å²) in [7, 11) is 0. The Morgan fingerprint density at radius 3 is 2.81 bits per heavy atom. The van der Waals surface area contributed by atoms with Crippen molar-refractivity contribution in [3.8, 4) is 6.07 Å². The number of Topliss-reactive ketones (excluding diaryl/α,β-unsaturated/α-hetero) is 2. The molecule has 1 aromatic carbocycles. The molecule has 6 heteroatoms. The highest BCUT2D eigenvalue weighted by molar-refractivity contribution is 9.10. The molecule has 1 aliphatic rings. The van der Waals surface area contributed by atoms with Gasteiger partial charge in [0.25, 0.3) is 0 Å². The Balaban J connectivity index is 1.85. The Kier molecular flexibility index (Phi) is 5.31. The molecule has 0 saturated carbocycles. The number of rotatable bonds is 4. The fourth-order valence-corrected chi connectivity index (χ4v) is 4.29. The number of nitriles is 1. The first-order valence-electron chi connectivity index (χ1n) is 8.18. The molecule has 0 aliphatic heterocycles. The van der Waals surface area contributed by atoms with Crippen LogP contribution in [0.5, 0.6) is 0 Å². The van der Waals surface area contributed by atoms with Crippen molar-refractivity contribution in [2.45, 2.75) is 31.7 Å². The van der Waals surface area contributed by atoms with Crippen LogP contribution in [0.15, 0.2) is 39.8 Å². The lowest BCUT2D eigenvalue weighted by Crippen LogP contribution is -2.28. The van der Waals surface area contributed by atoms with Gasteiger partial charge >= 0.3 is 0 Å². The van der Waals surface area contributed by atoms with E-state index in [-0.39, 0.29) is 22.7 Å². The monoisotopic (exact) mass is 428 g/mol. The van der Waals surface area contributed by atoms with E-state index in [2.05, 4.69) is 27.0 Å². The molecule has 0 bridgehead atoms. The van der Waals surface area contributed by atoms with Gasteiger partial charge in [0.2, 0.25) is 0 Å². The second kappa shape index (κ2) is 7.34. The molecule has 3 rings (SSSR count). The van der Waals surface area contributed by atoms with E-state index in [1.165, 1.54) is 11.8 Å². The number of aromatic nitrogens is 1. The predicted octanol–water partition coefficient (Wildman–Crippen LogP) is 4.85. The van der Waals surface area contributed by atoms with E-state index >= 15 is 0 Å². The van der Waals surface area contributed by atoms with Gasteiger partial charge in [-0.05, 0) is 30.0 Å². The lowest BCUT2D eigenvalue weighted by atomic mass is 9.75. The maximum atomic E-state index is 12.4. The van der Waals surface area contributed by atoms with Gasteiger partial charge in [-0.25, -0.2) is 4.98 Å². The minimum absolute atomic E-state index is 0.0296. The van der Waals surface area contributed by atoms with Gasteiger partial charge in [-0.15, -0.1) is 0 Å². The van der Waals surface area contributed by atoms with E-state index < -0.39 is 0 Å². The summed E-state index contributed by atoms with van der Waals surface area (Å²) in [6.45, 7) is 4.08. The molecule has 1 heterocycles. The average Bonchev–Trinajstić information content (AvgIpc) is 2.58. The molecular weight excluding hydrogens is 412 g/mol. The molecule has 0 unspecified atom stereocenters. The Labute approximate surface area is 165 Å². The number of hydrogen-bond acceptors (Lipinski definition) is 5. The Morgan fingerprint density at radius 1 is 1.35 bits per heavy atom. The van der Waals surface area contributed by atoms with E-state index in [0.29, 0.717) is 34.6 Å². The lowest BCUT2D eigenvalue weighted by molar-refractivity contribution is 0.0909. The van der Waals surface area contributed by atoms with Crippen LogP contribution in [-0.4, -0.2) is 22.3 Å². The summed E-state index contributed by atoms with van der Waals surface area (Å²) in [5.74, 6) is 0.187. The highest BCUT2D eigenvalue weighted by Crippen LogP contribution is 2.36. The number of nitrogens with zero attached hydrogens (tertiary/aromatic N) is 2. The number of thioether (sulfide) groups is 1. The second-order valence-corrected chi connectivity index (χ2v) is 8.99. The first-order valence-corrected chi connectivity index (χ1v) is 9.96. The zero-order chi connectivity index (χ0) is 18.9. The van der Waals surface area contributed by atoms with Crippen LogP contribution in [-0.2, 0) is 6.42 Å². The maximum Gasteiger partial charge on any atom is 0.173 e. The lowest BCUT2D eigenvalue weighted by Gasteiger charge is -2.29. The Hall–Kier alpha value is -1.97. The molecule has 26 heavy (non-hydrogen) atoms. The van der Waals surface area contributed by atoms with Crippen LogP contribution in [0.4, 0.5) is 0 Å². The number of fused-ring (bicyclic) bond motifs is 1. The smallest absolute Gasteiger partial charge is 0.173 e. The van der Waals surface area contributed by atoms with Gasteiger partial charge in [0.05, 0.1) is 17.0 Å². The van der Waals surface area contributed by atoms with Crippen molar-refractivity contribution in [2.24, 2.45) is 5.41 Å². The summed E-state index contributed by atoms with van der Waals surface area (Å²) >= 11 is 4.61. The van der Waals surface area contributed by atoms with Crippen molar-refractivity contribution in [1.82, 2.24) is 4.98 Å². The molecule has 0 amide bonds. The van der Waals surface area contributed by atoms with E-state index in [1.807, 2.05) is 26.0 Å². The molecule has 0 N–H and O–H groups in total. The molecule has 0 radical (unpaired) electrons. The summed E-state index contributed by atoms with van der Waals surface area (Å²) < 4.78 is 0.846. The van der Waals surface area contributed by atoms with Crippen LogP contribution >= 0.6 is 27.7 Å². The molecule has 2 aromatic rings. The molecule has 132 valence electrons. The SMILES string of the molecule is CC1(C)CC(=O)c2cc(C#N)c(SCC(=O)c3cccc(Br)c3)nc2C1. The summed E-state index contributed by atoms with van der Waals surface area (Å²) in [5, 5.41) is 9.94. The summed E-state index contributed by atoms with van der Waals surface area (Å²) in [6.07, 6.45) is 1.15. The summed E-state index contributed by atoms with van der Waals surface area (Å²) in [4.78, 5) is 29.3. The van der Waals surface area contributed by atoms with Crippen molar-refractivity contribution in [2.75, 3.05) is 5.75 Å². The van der Waals surface area contributed by atoms with Gasteiger partial charge in [-0.3, -0.25) is 9.59 Å². The first-order chi connectivity index (χ1) is 12.3. The minimum atomic E-state index is -0.140. The first kappa shape index (κ1) is 18.8. The zero-order valence-electron chi connectivity index (χ0n) is 14.5. The van der Waals surface area contributed by atoms with Gasteiger partial charge in [0.15, 0.2) is 11.6 Å².